The first-order valence-corrected chi connectivity index (χ1v) is 13.2. The highest BCUT2D eigenvalue weighted by Gasteiger charge is 2.80. The second kappa shape index (κ2) is 10.4. The fraction of sp³-hybridized carbons (Fsp3) is 0.586. The van der Waals surface area contributed by atoms with E-state index in [0.717, 1.165) is 6.92 Å². The van der Waals surface area contributed by atoms with Crippen LogP contribution in [0.5, 0.6) is 0 Å². The van der Waals surface area contributed by atoms with Crippen LogP contribution in [0.3, 0.4) is 0 Å². The van der Waals surface area contributed by atoms with E-state index in [1.165, 1.54) is 45.9 Å². The van der Waals surface area contributed by atoms with Gasteiger partial charge in [0.1, 0.15) is 23.1 Å². The van der Waals surface area contributed by atoms with Gasteiger partial charge < -0.3 is 24.1 Å². The maximum atomic E-state index is 14.8. The molecule has 11 nitrogen and oxygen atoms in total. The Bertz CT molecular complexity index is 1250. The smallest absolute Gasteiger partial charge is 0.421 e. The van der Waals surface area contributed by atoms with Crippen molar-refractivity contribution in [3.8, 4) is 0 Å². The number of rotatable bonds is 6. The average molecular weight is 560 g/mol. The molecule has 1 aromatic carbocycles. The highest BCUT2D eigenvalue weighted by atomic mass is 16.6. The van der Waals surface area contributed by atoms with Gasteiger partial charge in [-0.15, -0.1) is 0 Å². The number of carbonyl (C=O) groups excluding carboxylic acids is 6. The quantitative estimate of drug-likeness (QED) is 0.313. The molecular formula is C29H37NO10. The van der Waals surface area contributed by atoms with Crippen LogP contribution in [-0.4, -0.2) is 65.5 Å². The maximum absolute atomic E-state index is 14.8. The average Bonchev–Trinajstić information content (AvgIpc) is 3.09. The lowest BCUT2D eigenvalue weighted by atomic mass is 9.40. The number of nitrogens with zero attached hydrogens (tertiary/aromatic N) is 1. The van der Waals surface area contributed by atoms with Crippen LogP contribution in [-0.2, 0) is 43.6 Å². The Kier molecular flexibility index (Phi) is 8.06. The first kappa shape index (κ1) is 30.9. The number of ketones is 1. The van der Waals surface area contributed by atoms with Gasteiger partial charge >= 0.3 is 18.0 Å². The van der Waals surface area contributed by atoms with Gasteiger partial charge in [-0.05, 0) is 67.0 Å². The summed E-state index contributed by atoms with van der Waals surface area (Å²) in [5.41, 5.74) is -7.83. The number of hydrogen-bond acceptors (Lipinski definition) is 10. The van der Waals surface area contributed by atoms with Gasteiger partial charge in [-0.3, -0.25) is 19.2 Å². The number of ether oxygens (including phenoxy) is 3. The highest BCUT2D eigenvalue weighted by Crippen LogP contribution is 2.66. The van der Waals surface area contributed by atoms with E-state index in [9.17, 15) is 33.9 Å². The molecule has 1 N–H and O–H groups in total. The molecule has 1 aliphatic heterocycles. The highest BCUT2D eigenvalue weighted by molar-refractivity contribution is 6.24. The van der Waals surface area contributed by atoms with E-state index in [1.807, 2.05) is 0 Å². The summed E-state index contributed by atoms with van der Waals surface area (Å²) in [5, 5.41) is 11.9. The zero-order valence-electron chi connectivity index (χ0n) is 24.1. The van der Waals surface area contributed by atoms with E-state index in [0.29, 0.717) is 4.90 Å². The van der Waals surface area contributed by atoms with Crippen molar-refractivity contribution in [3.05, 3.63) is 29.8 Å². The molecule has 1 saturated carbocycles. The normalized spacial score (nSPS) is 31.4. The Labute approximate surface area is 233 Å². The number of imide groups is 1. The molecule has 1 heterocycles. The second-order valence-corrected chi connectivity index (χ2v) is 11.5. The number of aldehydes is 1. The minimum Gasteiger partial charge on any atom is -0.466 e. The summed E-state index contributed by atoms with van der Waals surface area (Å²) >= 11 is 0. The molecule has 1 aliphatic carbocycles. The molecule has 0 bridgehead atoms. The monoisotopic (exact) mass is 559 g/mol. The number of aliphatic hydroxyl groups is 1. The number of hydrogen-bond donors (Lipinski definition) is 1. The van der Waals surface area contributed by atoms with Gasteiger partial charge in [0.05, 0.1) is 47.7 Å². The molecular weight excluding hydrogens is 522 g/mol. The molecule has 1 spiro atoms. The van der Waals surface area contributed by atoms with Crippen molar-refractivity contribution in [1.29, 1.82) is 0 Å². The van der Waals surface area contributed by atoms with Crippen molar-refractivity contribution in [3.63, 3.8) is 0 Å². The minimum atomic E-state index is -2.36. The van der Waals surface area contributed by atoms with Crippen LogP contribution in [0.1, 0.15) is 61.0 Å². The summed E-state index contributed by atoms with van der Waals surface area (Å²) in [4.78, 5) is 82.9. The fourth-order valence-electron chi connectivity index (χ4n) is 6.36. The molecule has 6 atom stereocenters. The lowest BCUT2D eigenvalue weighted by Gasteiger charge is -2.60. The summed E-state index contributed by atoms with van der Waals surface area (Å²) in [6, 6.07) is 5.95. The third kappa shape index (κ3) is 4.22. The maximum Gasteiger partial charge on any atom is 0.421 e. The van der Waals surface area contributed by atoms with E-state index < -0.39 is 69.5 Å². The first-order valence-electron chi connectivity index (χ1n) is 13.2. The Morgan fingerprint density at radius 1 is 1.02 bits per heavy atom. The van der Waals surface area contributed by atoms with Crippen molar-refractivity contribution >= 4 is 41.7 Å². The van der Waals surface area contributed by atoms with Gasteiger partial charge in [-0.1, -0.05) is 18.2 Å². The van der Waals surface area contributed by atoms with Crippen molar-refractivity contribution in [2.45, 2.75) is 72.0 Å². The second-order valence-electron chi connectivity index (χ2n) is 11.5. The molecule has 2 amide bonds. The van der Waals surface area contributed by atoms with Gasteiger partial charge in [0.2, 0.25) is 5.91 Å². The number of Topliss-reactive ketones (excluding diaryl/α,β-unsaturated/α-hetero) is 1. The molecule has 3 rings (SSSR count). The third-order valence-electron chi connectivity index (χ3n) is 8.25. The Balaban J connectivity index is 2.57. The lowest BCUT2D eigenvalue weighted by Crippen LogP contribution is -2.75. The van der Waals surface area contributed by atoms with Crippen LogP contribution in [0.15, 0.2) is 24.3 Å². The number of amides is 2. The molecule has 2 aliphatic rings. The number of fused-ring (bicyclic) bond motifs is 2. The molecule has 0 radical (unpaired) electrons. The third-order valence-corrected chi connectivity index (χ3v) is 8.25. The van der Waals surface area contributed by atoms with Crippen LogP contribution < -0.4 is 4.90 Å². The van der Waals surface area contributed by atoms with Gasteiger partial charge in [-0.2, -0.15) is 0 Å². The van der Waals surface area contributed by atoms with E-state index >= 15 is 0 Å². The van der Waals surface area contributed by atoms with Crippen LogP contribution >= 0.6 is 0 Å². The van der Waals surface area contributed by atoms with Crippen LogP contribution in [0.2, 0.25) is 0 Å². The van der Waals surface area contributed by atoms with Gasteiger partial charge in [0.15, 0.2) is 0 Å². The van der Waals surface area contributed by atoms with Gasteiger partial charge in [0, 0.05) is 0 Å². The van der Waals surface area contributed by atoms with Crippen molar-refractivity contribution in [2.75, 3.05) is 18.1 Å². The fourth-order valence-corrected chi connectivity index (χ4v) is 6.36. The van der Waals surface area contributed by atoms with Gasteiger partial charge in [0.25, 0.3) is 0 Å². The predicted octanol–water partition coefficient (Wildman–Crippen LogP) is 2.74. The number of para-hydroxylation sites is 1. The molecule has 11 heteroatoms. The minimum absolute atomic E-state index is 0.00226. The summed E-state index contributed by atoms with van der Waals surface area (Å²) in [6.07, 6.45) is -0.797. The standard InChI is InChI=1S/C29H37NO10/c1-9-38-22(33)20-18(15-31)28(8,37)27(7,16(3)32)21(23(34)39-10-2)29(20)17-13-11-12-14-19(17)30(24(29)35)25(36)40-26(4,5)6/h11-15,18,20-21,37H,9-10H2,1-8H3/t18-,20+,21+,27+,28-,29-/m0/s1. The molecule has 0 saturated heterocycles. The summed E-state index contributed by atoms with van der Waals surface area (Å²) in [5.74, 6) is -9.30. The summed E-state index contributed by atoms with van der Waals surface area (Å²) < 4.78 is 16.2. The number of benzene rings is 1. The summed E-state index contributed by atoms with van der Waals surface area (Å²) in [7, 11) is 0. The largest absolute Gasteiger partial charge is 0.466 e. The van der Waals surface area contributed by atoms with Crippen LogP contribution in [0.4, 0.5) is 10.5 Å². The summed E-state index contributed by atoms with van der Waals surface area (Å²) in [6.45, 7) is 11.1. The number of esters is 2. The predicted molar refractivity (Wildman–Crippen MR) is 141 cm³/mol. The van der Waals surface area contributed by atoms with Crippen LogP contribution in [0, 0.1) is 23.2 Å². The van der Waals surface area contributed by atoms with E-state index in [4.69, 9.17) is 14.2 Å². The topological polar surface area (TPSA) is 154 Å². The number of anilines is 1. The van der Waals surface area contributed by atoms with Crippen molar-refractivity contribution < 1.29 is 48.1 Å². The Morgan fingerprint density at radius 2 is 1.57 bits per heavy atom. The molecule has 218 valence electrons. The van der Waals surface area contributed by atoms with E-state index in [1.54, 1.807) is 26.8 Å². The first-order chi connectivity index (χ1) is 18.5. The molecule has 1 fully saturated rings. The van der Waals surface area contributed by atoms with Gasteiger partial charge in [-0.25, -0.2) is 9.69 Å². The molecule has 0 aromatic heterocycles. The number of carbonyl (C=O) groups is 6. The Morgan fingerprint density at radius 3 is 2.08 bits per heavy atom. The van der Waals surface area contributed by atoms with Crippen molar-refractivity contribution in [2.24, 2.45) is 23.2 Å². The zero-order chi connectivity index (χ0) is 30.4. The lowest BCUT2D eigenvalue weighted by molar-refractivity contribution is -0.219. The van der Waals surface area contributed by atoms with E-state index in [2.05, 4.69) is 0 Å². The van der Waals surface area contributed by atoms with E-state index in [-0.39, 0.29) is 30.8 Å². The molecule has 1 aromatic rings. The molecule has 0 unspecified atom stereocenters. The van der Waals surface area contributed by atoms with Crippen LogP contribution in [0.25, 0.3) is 0 Å². The zero-order valence-corrected chi connectivity index (χ0v) is 24.1. The molecule has 40 heavy (non-hydrogen) atoms. The Hall–Kier alpha value is -3.60. The van der Waals surface area contributed by atoms with Crippen molar-refractivity contribution in [1.82, 2.24) is 0 Å². The SMILES string of the molecule is CCOC(=O)[C@H]1[C@H](C=O)[C@](C)(O)[C@](C)(C(C)=O)[C@@H](C(=O)OCC)[C@@]12C(=O)N(C(=O)OC(C)(C)C)c1ccccc12.